The van der Waals surface area contributed by atoms with E-state index >= 15 is 0 Å². The molecule has 0 fully saturated rings. The van der Waals surface area contributed by atoms with Crippen LogP contribution in [-0.4, -0.2) is 9.55 Å². The zero-order valence-electron chi connectivity index (χ0n) is 9.57. The lowest BCUT2D eigenvalue weighted by atomic mass is 10.2. The lowest BCUT2D eigenvalue weighted by Crippen LogP contribution is -2.00. The van der Waals surface area contributed by atoms with Gasteiger partial charge >= 0.3 is 0 Å². The summed E-state index contributed by atoms with van der Waals surface area (Å²) in [5, 5.41) is -0.0131. The highest BCUT2D eigenvalue weighted by atomic mass is 35.5. The van der Waals surface area contributed by atoms with Gasteiger partial charge in [-0.05, 0) is 30.3 Å². The Bertz CT molecular complexity index is 783. The second kappa shape index (κ2) is 4.20. The maximum absolute atomic E-state index is 13.2. The molecule has 0 saturated carbocycles. The fraction of sp³-hybridized carbons (Fsp3) is 0. The van der Waals surface area contributed by atoms with Crippen LogP contribution < -0.4 is 5.73 Å². The van der Waals surface area contributed by atoms with Crippen LogP contribution in [0.25, 0.3) is 16.7 Å². The number of imidazole rings is 1. The second-order valence-electron chi connectivity index (χ2n) is 4.04. The summed E-state index contributed by atoms with van der Waals surface area (Å²) < 4.78 is 27.9. The van der Waals surface area contributed by atoms with E-state index in [0.29, 0.717) is 16.7 Å². The summed E-state index contributed by atoms with van der Waals surface area (Å²) in [5.41, 5.74) is 7.44. The van der Waals surface area contributed by atoms with Gasteiger partial charge in [0.15, 0.2) is 0 Å². The number of nitrogen functional groups attached to an aromatic ring is 1. The molecule has 0 amide bonds. The molecular formula is C13H8ClF2N3. The average molecular weight is 280 g/mol. The highest BCUT2D eigenvalue weighted by Crippen LogP contribution is 2.26. The lowest BCUT2D eigenvalue weighted by molar-refractivity contribution is 0.628. The molecule has 0 aliphatic rings. The van der Waals surface area contributed by atoms with Crippen LogP contribution in [0.5, 0.6) is 0 Å². The minimum absolute atomic E-state index is 0.0131. The summed E-state index contributed by atoms with van der Waals surface area (Å²) in [7, 11) is 0. The van der Waals surface area contributed by atoms with Crippen LogP contribution >= 0.6 is 11.6 Å². The van der Waals surface area contributed by atoms with Gasteiger partial charge in [-0.2, -0.15) is 0 Å². The summed E-state index contributed by atoms with van der Waals surface area (Å²) in [6.07, 6.45) is 0. The summed E-state index contributed by atoms with van der Waals surface area (Å²) in [4.78, 5) is 4.07. The predicted molar refractivity (Wildman–Crippen MR) is 70.4 cm³/mol. The van der Waals surface area contributed by atoms with Crippen molar-refractivity contribution in [2.24, 2.45) is 0 Å². The SMILES string of the molecule is Nc1nc2cc(F)ccc2n1-c1ccc(F)c(Cl)c1. The van der Waals surface area contributed by atoms with E-state index in [4.69, 9.17) is 17.3 Å². The molecule has 0 bridgehead atoms. The van der Waals surface area contributed by atoms with Crippen molar-refractivity contribution in [1.29, 1.82) is 0 Å². The summed E-state index contributed by atoms with van der Waals surface area (Å²) in [5.74, 6) is -0.725. The number of anilines is 1. The Morgan fingerprint density at radius 2 is 1.89 bits per heavy atom. The number of fused-ring (bicyclic) bond motifs is 1. The van der Waals surface area contributed by atoms with Gasteiger partial charge in [-0.3, -0.25) is 4.57 Å². The van der Waals surface area contributed by atoms with E-state index in [1.165, 1.54) is 30.3 Å². The monoisotopic (exact) mass is 279 g/mol. The second-order valence-corrected chi connectivity index (χ2v) is 4.44. The Hall–Kier alpha value is -2.14. The van der Waals surface area contributed by atoms with Crippen LogP contribution in [0.3, 0.4) is 0 Å². The molecular weight excluding hydrogens is 272 g/mol. The smallest absolute Gasteiger partial charge is 0.205 e. The van der Waals surface area contributed by atoms with E-state index in [1.54, 1.807) is 10.6 Å². The molecule has 0 atom stereocenters. The molecule has 1 aromatic heterocycles. The van der Waals surface area contributed by atoms with Crippen LogP contribution in [0, 0.1) is 11.6 Å². The number of benzene rings is 2. The van der Waals surface area contributed by atoms with Gasteiger partial charge in [0.05, 0.1) is 21.7 Å². The topological polar surface area (TPSA) is 43.8 Å². The molecule has 2 aromatic carbocycles. The fourth-order valence-corrected chi connectivity index (χ4v) is 2.14. The third-order valence-electron chi connectivity index (χ3n) is 2.80. The van der Waals surface area contributed by atoms with Crippen molar-refractivity contribution < 1.29 is 8.78 Å². The Morgan fingerprint density at radius 1 is 1.11 bits per heavy atom. The molecule has 3 aromatic rings. The van der Waals surface area contributed by atoms with Crippen molar-refractivity contribution in [2.45, 2.75) is 0 Å². The van der Waals surface area contributed by atoms with E-state index in [2.05, 4.69) is 4.98 Å². The van der Waals surface area contributed by atoms with E-state index in [0.717, 1.165) is 0 Å². The minimum atomic E-state index is -0.514. The quantitative estimate of drug-likeness (QED) is 0.740. The molecule has 0 saturated heterocycles. The van der Waals surface area contributed by atoms with E-state index in [1.807, 2.05) is 0 Å². The maximum atomic E-state index is 13.2. The standard InChI is InChI=1S/C13H8ClF2N3/c14-9-6-8(2-3-10(9)16)19-12-4-1-7(15)5-11(12)18-13(19)17/h1-6H,(H2,17,18). The van der Waals surface area contributed by atoms with Crippen molar-refractivity contribution in [2.75, 3.05) is 5.73 Å². The molecule has 2 N–H and O–H groups in total. The number of hydrogen-bond donors (Lipinski definition) is 1. The van der Waals surface area contributed by atoms with Crippen LogP contribution in [0.2, 0.25) is 5.02 Å². The van der Waals surface area contributed by atoms with Gasteiger partial charge in [-0.15, -0.1) is 0 Å². The van der Waals surface area contributed by atoms with Gasteiger partial charge in [-0.25, -0.2) is 13.8 Å². The molecule has 0 radical (unpaired) electrons. The summed E-state index contributed by atoms with van der Waals surface area (Å²) in [6, 6.07) is 8.37. The van der Waals surface area contributed by atoms with Crippen molar-refractivity contribution >= 4 is 28.6 Å². The van der Waals surface area contributed by atoms with Crippen LogP contribution in [0.15, 0.2) is 36.4 Å². The molecule has 3 nitrogen and oxygen atoms in total. The highest BCUT2D eigenvalue weighted by Gasteiger charge is 2.12. The number of aromatic nitrogens is 2. The molecule has 6 heteroatoms. The first-order valence-corrected chi connectivity index (χ1v) is 5.83. The third kappa shape index (κ3) is 1.92. The number of halogens is 3. The normalized spacial score (nSPS) is 11.1. The number of rotatable bonds is 1. The number of nitrogens with zero attached hydrogens (tertiary/aromatic N) is 2. The summed E-state index contributed by atoms with van der Waals surface area (Å²) >= 11 is 5.75. The first-order chi connectivity index (χ1) is 9.06. The largest absolute Gasteiger partial charge is 0.369 e. The third-order valence-corrected chi connectivity index (χ3v) is 3.09. The molecule has 19 heavy (non-hydrogen) atoms. The van der Waals surface area contributed by atoms with Crippen LogP contribution in [0.1, 0.15) is 0 Å². The van der Waals surface area contributed by atoms with Crippen molar-refractivity contribution in [3.63, 3.8) is 0 Å². The first-order valence-electron chi connectivity index (χ1n) is 5.45. The Balaban J connectivity index is 2.29. The molecule has 3 rings (SSSR count). The highest BCUT2D eigenvalue weighted by molar-refractivity contribution is 6.30. The van der Waals surface area contributed by atoms with Gasteiger partial charge in [0, 0.05) is 6.07 Å². The van der Waals surface area contributed by atoms with Gasteiger partial charge in [0.25, 0.3) is 0 Å². The molecule has 96 valence electrons. The van der Waals surface area contributed by atoms with Gasteiger partial charge < -0.3 is 5.73 Å². The molecule has 1 heterocycles. The Morgan fingerprint density at radius 3 is 2.63 bits per heavy atom. The predicted octanol–water partition coefficient (Wildman–Crippen LogP) is 3.54. The van der Waals surface area contributed by atoms with E-state index < -0.39 is 11.6 Å². The van der Waals surface area contributed by atoms with Gasteiger partial charge in [0.1, 0.15) is 11.6 Å². The van der Waals surface area contributed by atoms with Crippen molar-refractivity contribution in [1.82, 2.24) is 9.55 Å². The Labute approximate surface area is 112 Å². The fourth-order valence-electron chi connectivity index (χ4n) is 1.97. The van der Waals surface area contributed by atoms with Crippen molar-refractivity contribution in [3.8, 4) is 5.69 Å². The summed E-state index contributed by atoms with van der Waals surface area (Å²) in [6.45, 7) is 0. The molecule has 0 aliphatic carbocycles. The zero-order chi connectivity index (χ0) is 13.6. The van der Waals surface area contributed by atoms with E-state index in [9.17, 15) is 8.78 Å². The van der Waals surface area contributed by atoms with E-state index in [-0.39, 0.29) is 11.0 Å². The van der Waals surface area contributed by atoms with Gasteiger partial charge in [0.2, 0.25) is 5.95 Å². The van der Waals surface area contributed by atoms with Crippen LogP contribution in [0.4, 0.5) is 14.7 Å². The average Bonchev–Trinajstić information content (AvgIpc) is 2.68. The number of nitrogens with two attached hydrogens (primary N) is 1. The lowest BCUT2D eigenvalue weighted by Gasteiger charge is -2.07. The molecule has 0 aliphatic heterocycles. The molecule has 0 spiro atoms. The zero-order valence-corrected chi connectivity index (χ0v) is 10.3. The van der Waals surface area contributed by atoms with Gasteiger partial charge in [-0.1, -0.05) is 11.6 Å². The first kappa shape index (κ1) is 11.9. The number of hydrogen-bond acceptors (Lipinski definition) is 2. The Kier molecular flexibility index (Phi) is 2.64. The maximum Gasteiger partial charge on any atom is 0.205 e. The minimum Gasteiger partial charge on any atom is -0.369 e. The molecule has 0 unspecified atom stereocenters. The van der Waals surface area contributed by atoms with Crippen LogP contribution in [-0.2, 0) is 0 Å². The van der Waals surface area contributed by atoms with Crippen molar-refractivity contribution in [3.05, 3.63) is 53.1 Å².